The van der Waals surface area contributed by atoms with Crippen LogP contribution in [0.3, 0.4) is 0 Å². The summed E-state index contributed by atoms with van der Waals surface area (Å²) in [4.78, 5) is 11.1. The third-order valence-electron chi connectivity index (χ3n) is 2.54. The number of hydrogen-bond donors (Lipinski definition) is 3. The summed E-state index contributed by atoms with van der Waals surface area (Å²) in [6.07, 6.45) is 4.33. The Hall–Kier alpha value is -0.690. The molecule has 6 heteroatoms. The molecule has 0 aromatic heterocycles. The van der Waals surface area contributed by atoms with Crippen molar-refractivity contribution in [3.63, 3.8) is 0 Å². The average molecular weight is 278 g/mol. The minimum atomic E-state index is -0.787. The van der Waals surface area contributed by atoms with E-state index < -0.39 is 6.10 Å². The fourth-order valence-corrected chi connectivity index (χ4v) is 1.51. The van der Waals surface area contributed by atoms with Crippen molar-refractivity contribution < 1.29 is 29.6 Å². The van der Waals surface area contributed by atoms with E-state index >= 15 is 0 Å². The lowest BCUT2D eigenvalue weighted by Crippen LogP contribution is -2.19. The third-order valence-corrected chi connectivity index (χ3v) is 2.54. The molecule has 0 saturated heterocycles. The molecule has 1 unspecified atom stereocenters. The molecule has 114 valence electrons. The largest absolute Gasteiger partial charge is 0.463 e. The highest BCUT2D eigenvalue weighted by molar-refractivity contribution is 5.69. The molecule has 0 aliphatic carbocycles. The van der Waals surface area contributed by atoms with E-state index in [9.17, 15) is 4.79 Å². The Morgan fingerprint density at radius 2 is 1.68 bits per heavy atom. The van der Waals surface area contributed by atoms with Gasteiger partial charge < -0.3 is 24.8 Å². The molecular formula is C13H26O6. The fourth-order valence-electron chi connectivity index (χ4n) is 1.51. The minimum absolute atomic E-state index is 0.0792. The van der Waals surface area contributed by atoms with Gasteiger partial charge in [0, 0.05) is 13.0 Å². The van der Waals surface area contributed by atoms with Crippen molar-refractivity contribution in [3.8, 4) is 0 Å². The van der Waals surface area contributed by atoms with Crippen LogP contribution in [0.1, 0.15) is 38.5 Å². The molecular weight excluding hydrogens is 252 g/mol. The van der Waals surface area contributed by atoms with Crippen LogP contribution in [0.25, 0.3) is 0 Å². The molecule has 0 saturated carbocycles. The SMILES string of the molecule is O=C(CCCCCCCOCC(O)CO)OCCO. The molecule has 3 N–H and O–H groups in total. The first-order chi connectivity index (χ1) is 9.20. The monoisotopic (exact) mass is 278 g/mol. The van der Waals surface area contributed by atoms with Crippen LogP contribution >= 0.6 is 0 Å². The van der Waals surface area contributed by atoms with Crippen molar-refractivity contribution in [2.45, 2.75) is 44.6 Å². The van der Waals surface area contributed by atoms with Gasteiger partial charge in [-0.25, -0.2) is 0 Å². The van der Waals surface area contributed by atoms with Crippen LogP contribution in [0.5, 0.6) is 0 Å². The third kappa shape index (κ3) is 13.5. The molecule has 0 aliphatic rings. The smallest absolute Gasteiger partial charge is 0.305 e. The van der Waals surface area contributed by atoms with Gasteiger partial charge in [-0.15, -0.1) is 0 Å². The highest BCUT2D eigenvalue weighted by Gasteiger charge is 2.02. The summed E-state index contributed by atoms with van der Waals surface area (Å²) in [5.74, 6) is -0.254. The van der Waals surface area contributed by atoms with Gasteiger partial charge in [0.15, 0.2) is 0 Å². The number of aliphatic hydroxyl groups is 3. The van der Waals surface area contributed by atoms with Gasteiger partial charge in [-0.05, 0) is 12.8 Å². The molecule has 0 heterocycles. The Morgan fingerprint density at radius 1 is 1.00 bits per heavy atom. The van der Waals surface area contributed by atoms with E-state index in [4.69, 9.17) is 24.8 Å². The van der Waals surface area contributed by atoms with Crippen LogP contribution < -0.4 is 0 Å². The zero-order valence-corrected chi connectivity index (χ0v) is 11.4. The zero-order valence-electron chi connectivity index (χ0n) is 11.4. The van der Waals surface area contributed by atoms with Gasteiger partial charge in [0.1, 0.15) is 12.7 Å². The number of unbranched alkanes of at least 4 members (excludes halogenated alkanes) is 4. The van der Waals surface area contributed by atoms with Gasteiger partial charge >= 0.3 is 5.97 Å². The van der Waals surface area contributed by atoms with Crippen molar-refractivity contribution in [3.05, 3.63) is 0 Å². The van der Waals surface area contributed by atoms with Gasteiger partial charge in [0.25, 0.3) is 0 Å². The molecule has 0 fully saturated rings. The molecule has 19 heavy (non-hydrogen) atoms. The predicted octanol–water partition coefficient (Wildman–Crippen LogP) is 0.232. The summed E-state index contributed by atoms with van der Waals surface area (Å²) in [5, 5.41) is 26.0. The van der Waals surface area contributed by atoms with E-state index in [0.717, 1.165) is 32.1 Å². The Balaban J connectivity index is 3.12. The van der Waals surface area contributed by atoms with Crippen molar-refractivity contribution >= 4 is 5.97 Å². The summed E-state index contributed by atoms with van der Waals surface area (Å²) >= 11 is 0. The van der Waals surface area contributed by atoms with E-state index in [1.54, 1.807) is 0 Å². The molecule has 0 aromatic rings. The van der Waals surface area contributed by atoms with Gasteiger partial charge in [-0.1, -0.05) is 19.3 Å². The van der Waals surface area contributed by atoms with Crippen LogP contribution in [-0.4, -0.2) is 60.4 Å². The molecule has 0 radical (unpaired) electrons. The van der Waals surface area contributed by atoms with E-state index in [1.165, 1.54) is 0 Å². The van der Waals surface area contributed by atoms with Crippen molar-refractivity contribution in [2.24, 2.45) is 0 Å². The molecule has 0 rings (SSSR count). The van der Waals surface area contributed by atoms with Crippen LogP contribution in [0, 0.1) is 0 Å². The standard InChI is InChI=1S/C13H26O6/c14-7-9-19-13(17)6-4-2-1-3-5-8-18-11-12(16)10-15/h12,14-16H,1-11H2. The maximum absolute atomic E-state index is 11.1. The lowest BCUT2D eigenvalue weighted by Gasteiger charge is -2.07. The maximum atomic E-state index is 11.1. The van der Waals surface area contributed by atoms with Gasteiger partial charge in [0.05, 0.1) is 19.8 Å². The number of carbonyl (C=O) groups excluding carboxylic acids is 1. The number of hydrogen-bond acceptors (Lipinski definition) is 6. The Bertz CT molecular complexity index is 209. The molecule has 0 aromatic carbocycles. The second-order valence-corrected chi connectivity index (χ2v) is 4.37. The second-order valence-electron chi connectivity index (χ2n) is 4.37. The number of rotatable bonds is 13. The van der Waals surface area contributed by atoms with Crippen LogP contribution in [0.4, 0.5) is 0 Å². The Morgan fingerprint density at radius 3 is 2.37 bits per heavy atom. The van der Waals surface area contributed by atoms with E-state index in [2.05, 4.69) is 0 Å². The second kappa shape index (κ2) is 13.7. The van der Waals surface area contributed by atoms with Gasteiger partial charge in [-0.3, -0.25) is 4.79 Å². The van der Waals surface area contributed by atoms with Crippen molar-refractivity contribution in [2.75, 3.05) is 33.0 Å². The molecule has 0 bridgehead atoms. The van der Waals surface area contributed by atoms with Crippen molar-refractivity contribution in [1.29, 1.82) is 0 Å². The average Bonchev–Trinajstić information content (AvgIpc) is 2.42. The minimum Gasteiger partial charge on any atom is -0.463 e. The Kier molecular flexibility index (Phi) is 13.2. The topological polar surface area (TPSA) is 96.2 Å². The molecule has 1 atom stereocenters. The fraction of sp³-hybridized carbons (Fsp3) is 0.923. The van der Waals surface area contributed by atoms with Gasteiger partial charge in [0.2, 0.25) is 0 Å². The quantitative estimate of drug-likeness (QED) is 0.330. The summed E-state index contributed by atoms with van der Waals surface area (Å²) < 4.78 is 9.90. The van der Waals surface area contributed by atoms with Crippen LogP contribution in [0.2, 0.25) is 0 Å². The molecule has 0 aliphatic heterocycles. The highest BCUT2D eigenvalue weighted by Crippen LogP contribution is 2.06. The lowest BCUT2D eigenvalue weighted by atomic mass is 10.1. The lowest BCUT2D eigenvalue weighted by molar-refractivity contribution is -0.144. The highest BCUT2D eigenvalue weighted by atomic mass is 16.5. The van der Waals surface area contributed by atoms with Crippen LogP contribution in [0.15, 0.2) is 0 Å². The zero-order chi connectivity index (χ0) is 14.3. The van der Waals surface area contributed by atoms with Gasteiger partial charge in [-0.2, -0.15) is 0 Å². The van der Waals surface area contributed by atoms with Crippen LogP contribution in [-0.2, 0) is 14.3 Å². The maximum Gasteiger partial charge on any atom is 0.305 e. The van der Waals surface area contributed by atoms with Crippen molar-refractivity contribution in [1.82, 2.24) is 0 Å². The summed E-state index contributed by atoms with van der Waals surface area (Å²) in [6.45, 7) is 0.432. The number of esters is 1. The first kappa shape index (κ1) is 18.3. The van der Waals surface area contributed by atoms with E-state index in [0.29, 0.717) is 13.0 Å². The first-order valence-corrected chi connectivity index (χ1v) is 6.83. The predicted molar refractivity (Wildman–Crippen MR) is 69.7 cm³/mol. The molecule has 0 spiro atoms. The molecule has 0 amide bonds. The molecule has 6 nitrogen and oxygen atoms in total. The number of aliphatic hydroxyl groups excluding tert-OH is 3. The number of ether oxygens (including phenoxy) is 2. The summed E-state index contributed by atoms with van der Waals surface area (Å²) in [7, 11) is 0. The Labute approximate surface area is 114 Å². The summed E-state index contributed by atoms with van der Waals surface area (Å²) in [5.41, 5.74) is 0. The number of carbonyl (C=O) groups is 1. The normalized spacial score (nSPS) is 12.4. The van der Waals surface area contributed by atoms with E-state index in [-0.39, 0.29) is 32.4 Å². The van der Waals surface area contributed by atoms with E-state index in [1.807, 2.05) is 0 Å². The summed E-state index contributed by atoms with van der Waals surface area (Å²) in [6, 6.07) is 0. The first-order valence-electron chi connectivity index (χ1n) is 6.83.